The van der Waals surface area contributed by atoms with Crippen LogP contribution in [0.1, 0.15) is 12.0 Å². The molecule has 0 atom stereocenters. The van der Waals surface area contributed by atoms with Gasteiger partial charge >= 0.3 is 0 Å². The molecule has 2 heterocycles. The monoisotopic (exact) mass is 316 g/mol. The lowest BCUT2D eigenvalue weighted by molar-refractivity contribution is -0.119. The van der Waals surface area contributed by atoms with Gasteiger partial charge in [-0.15, -0.1) is 0 Å². The summed E-state index contributed by atoms with van der Waals surface area (Å²) in [5.41, 5.74) is 4.27. The summed E-state index contributed by atoms with van der Waals surface area (Å²) in [5.74, 6) is 0.687. The molecule has 0 fully saturated rings. The van der Waals surface area contributed by atoms with Crippen LogP contribution in [0.3, 0.4) is 0 Å². The van der Waals surface area contributed by atoms with Gasteiger partial charge in [0.15, 0.2) is 0 Å². The van der Waals surface area contributed by atoms with Crippen LogP contribution in [0.4, 0.5) is 0 Å². The van der Waals surface area contributed by atoms with Crippen LogP contribution in [0.15, 0.2) is 72.2 Å². The minimum Gasteiger partial charge on any atom is -0.310 e. The van der Waals surface area contributed by atoms with E-state index in [0.29, 0.717) is 18.8 Å². The highest BCUT2D eigenvalue weighted by Gasteiger charge is 2.13. The van der Waals surface area contributed by atoms with E-state index in [1.54, 1.807) is 12.5 Å². The number of carbonyl (C=O) groups is 1. The first-order chi connectivity index (χ1) is 11.8. The van der Waals surface area contributed by atoms with Gasteiger partial charge in [0.2, 0.25) is 5.91 Å². The van der Waals surface area contributed by atoms with Gasteiger partial charge in [0.05, 0.1) is 12.9 Å². The molecule has 1 aliphatic heterocycles. The van der Waals surface area contributed by atoms with Crippen molar-refractivity contribution in [3.8, 4) is 16.8 Å². The molecule has 5 heteroatoms. The van der Waals surface area contributed by atoms with Crippen LogP contribution in [-0.2, 0) is 4.79 Å². The number of nitrogens with one attached hydrogen (secondary N) is 1. The van der Waals surface area contributed by atoms with Crippen LogP contribution in [0.25, 0.3) is 16.8 Å². The number of amidine groups is 1. The fourth-order valence-corrected chi connectivity index (χ4v) is 2.73. The lowest BCUT2D eigenvalue weighted by atomic mass is 10.0. The van der Waals surface area contributed by atoms with Crippen molar-refractivity contribution < 1.29 is 4.79 Å². The third-order valence-electron chi connectivity index (χ3n) is 4.03. The zero-order valence-corrected chi connectivity index (χ0v) is 13.0. The number of rotatable bonds is 3. The fourth-order valence-electron chi connectivity index (χ4n) is 2.73. The molecular formula is C19H16N4O. The van der Waals surface area contributed by atoms with Gasteiger partial charge in [-0.05, 0) is 23.3 Å². The lowest BCUT2D eigenvalue weighted by Crippen LogP contribution is -2.35. The Morgan fingerprint density at radius 1 is 0.917 bits per heavy atom. The van der Waals surface area contributed by atoms with Gasteiger partial charge in [-0.2, -0.15) is 0 Å². The summed E-state index contributed by atoms with van der Waals surface area (Å²) in [6.45, 7) is 0.554. The molecule has 118 valence electrons. The van der Waals surface area contributed by atoms with Crippen molar-refractivity contribution in [2.24, 2.45) is 4.99 Å². The van der Waals surface area contributed by atoms with Crippen LogP contribution in [0.5, 0.6) is 0 Å². The third kappa shape index (κ3) is 2.84. The molecule has 3 aromatic rings. The molecule has 1 N–H and O–H groups in total. The van der Waals surface area contributed by atoms with E-state index in [0.717, 1.165) is 22.4 Å². The average Bonchev–Trinajstić information content (AvgIpc) is 3.17. The van der Waals surface area contributed by atoms with E-state index >= 15 is 0 Å². The highest BCUT2D eigenvalue weighted by Crippen LogP contribution is 2.22. The van der Waals surface area contributed by atoms with Crippen molar-refractivity contribution >= 4 is 11.7 Å². The summed E-state index contributed by atoms with van der Waals surface area (Å²) in [4.78, 5) is 19.9. The van der Waals surface area contributed by atoms with E-state index in [1.807, 2.05) is 35.0 Å². The Hall–Kier alpha value is -3.21. The molecule has 1 aliphatic rings. The normalized spacial score (nSPS) is 14.2. The van der Waals surface area contributed by atoms with Crippen molar-refractivity contribution in [1.29, 1.82) is 0 Å². The first kappa shape index (κ1) is 14.4. The van der Waals surface area contributed by atoms with E-state index in [2.05, 4.69) is 39.6 Å². The van der Waals surface area contributed by atoms with Crippen LogP contribution < -0.4 is 5.32 Å². The van der Waals surface area contributed by atoms with E-state index in [-0.39, 0.29) is 5.91 Å². The SMILES string of the molecule is O=C1CCN=C(c2ccc(-c3ccc(-n4ccnc4)cc3)cc2)N1. The van der Waals surface area contributed by atoms with Crippen molar-refractivity contribution in [1.82, 2.24) is 14.9 Å². The molecule has 4 rings (SSSR count). The molecule has 2 aromatic carbocycles. The highest BCUT2D eigenvalue weighted by atomic mass is 16.1. The largest absolute Gasteiger partial charge is 0.310 e. The summed E-state index contributed by atoms with van der Waals surface area (Å²) in [7, 11) is 0. The van der Waals surface area contributed by atoms with Gasteiger partial charge in [-0.1, -0.05) is 36.4 Å². The fraction of sp³-hybridized carbons (Fsp3) is 0.105. The molecule has 0 saturated heterocycles. The van der Waals surface area contributed by atoms with Crippen molar-refractivity contribution in [3.05, 3.63) is 72.8 Å². The molecule has 1 amide bonds. The predicted molar refractivity (Wildman–Crippen MR) is 93.2 cm³/mol. The highest BCUT2D eigenvalue weighted by molar-refractivity contribution is 6.09. The smallest absolute Gasteiger partial charge is 0.227 e. The second-order valence-electron chi connectivity index (χ2n) is 5.62. The standard InChI is InChI=1S/C19H16N4O/c24-18-9-10-21-19(22-18)16-3-1-14(2-4-16)15-5-7-17(8-6-15)23-12-11-20-13-23/h1-8,11-13H,9-10H2,(H,21,22,24). The van der Waals surface area contributed by atoms with E-state index in [9.17, 15) is 4.79 Å². The zero-order chi connectivity index (χ0) is 16.4. The van der Waals surface area contributed by atoms with Crippen LogP contribution >= 0.6 is 0 Å². The number of aliphatic imine (C=N–C) groups is 1. The van der Waals surface area contributed by atoms with Crippen molar-refractivity contribution in [2.45, 2.75) is 6.42 Å². The number of hydrogen-bond acceptors (Lipinski definition) is 3. The van der Waals surface area contributed by atoms with Gasteiger partial charge in [0, 0.05) is 30.1 Å². The second kappa shape index (κ2) is 6.12. The molecule has 0 unspecified atom stereocenters. The number of aromatic nitrogens is 2. The molecule has 0 bridgehead atoms. The Bertz CT molecular complexity index is 878. The molecule has 1 aromatic heterocycles. The Morgan fingerprint density at radius 2 is 1.58 bits per heavy atom. The number of benzene rings is 2. The number of imidazole rings is 1. The minimum absolute atomic E-state index is 0.0270. The zero-order valence-electron chi connectivity index (χ0n) is 13.0. The Labute approximate surface area is 139 Å². The summed E-state index contributed by atoms with van der Waals surface area (Å²) in [6, 6.07) is 16.4. The third-order valence-corrected chi connectivity index (χ3v) is 4.03. The van der Waals surface area contributed by atoms with Crippen LogP contribution in [0.2, 0.25) is 0 Å². The van der Waals surface area contributed by atoms with Crippen molar-refractivity contribution in [3.63, 3.8) is 0 Å². The maximum atomic E-state index is 11.5. The Kier molecular flexibility index (Phi) is 3.67. The molecule has 5 nitrogen and oxygen atoms in total. The lowest BCUT2D eigenvalue weighted by Gasteiger charge is -2.14. The van der Waals surface area contributed by atoms with Gasteiger partial charge in [0.25, 0.3) is 0 Å². The summed E-state index contributed by atoms with van der Waals surface area (Å²) >= 11 is 0. The van der Waals surface area contributed by atoms with Crippen LogP contribution in [-0.4, -0.2) is 27.8 Å². The van der Waals surface area contributed by atoms with E-state index in [1.165, 1.54) is 0 Å². The minimum atomic E-state index is 0.0270. The van der Waals surface area contributed by atoms with E-state index in [4.69, 9.17) is 0 Å². The van der Waals surface area contributed by atoms with Gasteiger partial charge in [0.1, 0.15) is 5.84 Å². The first-order valence-corrected chi connectivity index (χ1v) is 7.83. The number of carbonyl (C=O) groups excluding carboxylic acids is 1. The van der Waals surface area contributed by atoms with Crippen LogP contribution in [0, 0.1) is 0 Å². The number of nitrogens with zero attached hydrogens (tertiary/aromatic N) is 3. The Balaban J connectivity index is 1.56. The molecule has 0 radical (unpaired) electrons. The summed E-state index contributed by atoms with van der Waals surface area (Å²) in [5, 5.41) is 2.82. The van der Waals surface area contributed by atoms with Gasteiger partial charge < -0.3 is 9.88 Å². The maximum Gasteiger partial charge on any atom is 0.227 e. The molecule has 0 aliphatic carbocycles. The maximum absolute atomic E-state index is 11.5. The number of hydrogen-bond donors (Lipinski definition) is 1. The van der Waals surface area contributed by atoms with Gasteiger partial charge in [-0.25, -0.2) is 4.98 Å². The molecular weight excluding hydrogens is 300 g/mol. The number of amides is 1. The topological polar surface area (TPSA) is 59.3 Å². The summed E-state index contributed by atoms with van der Waals surface area (Å²) in [6.07, 6.45) is 5.93. The van der Waals surface area contributed by atoms with Crippen molar-refractivity contribution in [2.75, 3.05) is 6.54 Å². The van der Waals surface area contributed by atoms with E-state index < -0.39 is 0 Å². The summed E-state index contributed by atoms with van der Waals surface area (Å²) < 4.78 is 1.97. The molecule has 0 spiro atoms. The molecule has 24 heavy (non-hydrogen) atoms. The molecule has 0 saturated carbocycles. The quantitative estimate of drug-likeness (QED) is 0.808. The predicted octanol–water partition coefficient (Wildman–Crippen LogP) is 2.81. The first-order valence-electron chi connectivity index (χ1n) is 7.83. The average molecular weight is 316 g/mol. The Morgan fingerprint density at radius 3 is 2.21 bits per heavy atom. The second-order valence-corrected chi connectivity index (χ2v) is 5.62. The van der Waals surface area contributed by atoms with Gasteiger partial charge in [-0.3, -0.25) is 9.79 Å².